The van der Waals surface area contributed by atoms with Crippen molar-refractivity contribution in [2.75, 3.05) is 10.2 Å². The molecule has 0 aliphatic heterocycles. The van der Waals surface area contributed by atoms with Crippen molar-refractivity contribution in [2.45, 2.75) is 33.4 Å². The number of hydrogen-bond donors (Lipinski definition) is 1. The van der Waals surface area contributed by atoms with Crippen LogP contribution in [0.25, 0.3) is 0 Å². The number of aryl methyl sites for hydroxylation is 1. The molecule has 0 amide bonds. The molecule has 26 heavy (non-hydrogen) atoms. The second-order valence-electron chi connectivity index (χ2n) is 6.53. The third-order valence-electron chi connectivity index (χ3n) is 4.03. The van der Waals surface area contributed by atoms with Crippen LogP contribution in [-0.2, 0) is 6.54 Å². The molecule has 134 valence electrons. The summed E-state index contributed by atoms with van der Waals surface area (Å²) in [6.45, 7) is 6.97. The summed E-state index contributed by atoms with van der Waals surface area (Å²) in [4.78, 5) is 11.3. The number of hydrogen-bond acceptors (Lipinski definition) is 4. The van der Waals surface area contributed by atoms with Gasteiger partial charge in [-0.3, -0.25) is 0 Å². The van der Waals surface area contributed by atoms with Gasteiger partial charge in [0, 0.05) is 30.0 Å². The zero-order valence-corrected chi connectivity index (χ0v) is 15.3. The van der Waals surface area contributed by atoms with E-state index in [4.69, 9.17) is 0 Å². The predicted octanol–water partition coefficient (Wildman–Crippen LogP) is 5.08. The van der Waals surface area contributed by atoms with Crippen LogP contribution in [0.4, 0.5) is 21.8 Å². The number of rotatable bonds is 6. The second kappa shape index (κ2) is 7.95. The van der Waals surface area contributed by atoms with Crippen LogP contribution in [0.5, 0.6) is 0 Å². The van der Waals surface area contributed by atoms with E-state index in [-0.39, 0.29) is 11.9 Å². The lowest BCUT2D eigenvalue weighted by Crippen LogP contribution is -2.31. The minimum atomic E-state index is -0.296. The molecular weight excluding hydrogens is 327 g/mol. The minimum Gasteiger partial charge on any atom is -0.350 e. The molecule has 0 saturated heterocycles. The third-order valence-corrected chi connectivity index (χ3v) is 4.03. The van der Waals surface area contributed by atoms with Crippen molar-refractivity contribution >= 4 is 17.5 Å². The molecule has 0 aliphatic rings. The van der Waals surface area contributed by atoms with E-state index >= 15 is 0 Å². The average molecular weight is 350 g/mol. The van der Waals surface area contributed by atoms with E-state index in [0.717, 1.165) is 18.1 Å². The Bertz CT molecular complexity index is 865. The van der Waals surface area contributed by atoms with Gasteiger partial charge in [0.25, 0.3) is 0 Å². The summed E-state index contributed by atoms with van der Waals surface area (Å²) in [5.74, 6) is 1.01. The molecule has 0 bridgehead atoms. The first kappa shape index (κ1) is 17.9. The maximum absolute atomic E-state index is 13.4. The first-order valence-corrected chi connectivity index (χ1v) is 8.70. The number of aromatic nitrogens is 2. The van der Waals surface area contributed by atoms with Gasteiger partial charge in [0.05, 0.1) is 0 Å². The van der Waals surface area contributed by atoms with Crippen LogP contribution in [0.3, 0.4) is 0 Å². The molecule has 0 atom stereocenters. The lowest BCUT2D eigenvalue weighted by atomic mass is 10.2. The maximum atomic E-state index is 13.4. The Morgan fingerprint density at radius 3 is 2.46 bits per heavy atom. The van der Waals surface area contributed by atoms with Crippen molar-refractivity contribution < 1.29 is 4.39 Å². The van der Waals surface area contributed by atoms with Gasteiger partial charge in [0.2, 0.25) is 5.95 Å². The number of halogens is 1. The molecule has 3 rings (SSSR count). The van der Waals surface area contributed by atoms with Gasteiger partial charge in [-0.25, -0.2) is 9.37 Å². The third kappa shape index (κ3) is 4.57. The highest BCUT2D eigenvalue weighted by Gasteiger charge is 2.15. The Morgan fingerprint density at radius 2 is 1.77 bits per heavy atom. The first-order chi connectivity index (χ1) is 12.5. The molecule has 4 nitrogen and oxygen atoms in total. The van der Waals surface area contributed by atoms with E-state index in [1.165, 1.54) is 17.7 Å². The van der Waals surface area contributed by atoms with E-state index in [0.29, 0.717) is 11.6 Å². The fourth-order valence-electron chi connectivity index (χ4n) is 2.76. The standard InChI is InChI=1S/C21H23FN4/c1-15(2)26(14-17-8-5-4-6-9-17)20-12-16(3)23-21(25-20)24-19-11-7-10-18(22)13-19/h4-13,15H,14H2,1-3H3,(H,23,24,25). The molecular formula is C21H23FN4. The zero-order valence-electron chi connectivity index (χ0n) is 15.3. The number of anilines is 3. The lowest BCUT2D eigenvalue weighted by molar-refractivity contribution is 0.628. The molecule has 3 aromatic rings. The number of nitrogens with zero attached hydrogens (tertiary/aromatic N) is 3. The normalized spacial score (nSPS) is 10.8. The quantitative estimate of drug-likeness (QED) is 0.673. The average Bonchev–Trinajstić information content (AvgIpc) is 2.60. The number of nitrogens with one attached hydrogen (secondary N) is 1. The monoisotopic (exact) mass is 350 g/mol. The smallest absolute Gasteiger partial charge is 0.229 e. The molecule has 2 aromatic carbocycles. The van der Waals surface area contributed by atoms with Gasteiger partial charge in [-0.15, -0.1) is 0 Å². The van der Waals surface area contributed by atoms with Crippen molar-refractivity contribution in [3.63, 3.8) is 0 Å². The summed E-state index contributed by atoms with van der Waals surface area (Å²) in [5, 5.41) is 3.09. The van der Waals surface area contributed by atoms with E-state index in [2.05, 4.69) is 46.2 Å². The Morgan fingerprint density at radius 1 is 1.00 bits per heavy atom. The molecule has 0 aliphatic carbocycles. The van der Waals surface area contributed by atoms with Crippen LogP contribution in [0.15, 0.2) is 60.7 Å². The van der Waals surface area contributed by atoms with Crippen molar-refractivity contribution in [2.24, 2.45) is 0 Å². The van der Waals surface area contributed by atoms with Gasteiger partial charge < -0.3 is 10.2 Å². The first-order valence-electron chi connectivity index (χ1n) is 8.70. The molecule has 5 heteroatoms. The Kier molecular flexibility index (Phi) is 5.46. The van der Waals surface area contributed by atoms with Gasteiger partial charge in [-0.05, 0) is 44.5 Å². The van der Waals surface area contributed by atoms with Gasteiger partial charge in [0.1, 0.15) is 11.6 Å². The molecule has 1 heterocycles. The molecule has 0 saturated carbocycles. The van der Waals surface area contributed by atoms with Gasteiger partial charge in [-0.1, -0.05) is 36.4 Å². The van der Waals surface area contributed by atoms with Crippen LogP contribution in [-0.4, -0.2) is 16.0 Å². The minimum absolute atomic E-state index is 0.270. The second-order valence-corrected chi connectivity index (χ2v) is 6.53. The molecule has 0 spiro atoms. The largest absolute Gasteiger partial charge is 0.350 e. The van der Waals surface area contributed by atoms with Crippen molar-refractivity contribution in [3.8, 4) is 0 Å². The SMILES string of the molecule is Cc1cc(N(Cc2ccccc2)C(C)C)nc(Nc2cccc(F)c2)n1. The molecule has 0 fully saturated rings. The van der Waals surface area contributed by atoms with Crippen LogP contribution in [0.1, 0.15) is 25.1 Å². The lowest BCUT2D eigenvalue weighted by Gasteiger charge is -2.28. The van der Waals surface area contributed by atoms with E-state index in [9.17, 15) is 4.39 Å². The van der Waals surface area contributed by atoms with Crippen LogP contribution in [0.2, 0.25) is 0 Å². The zero-order chi connectivity index (χ0) is 18.5. The Labute approximate surface area is 153 Å². The summed E-state index contributed by atoms with van der Waals surface area (Å²) >= 11 is 0. The Hall–Kier alpha value is -2.95. The summed E-state index contributed by atoms with van der Waals surface area (Å²) in [6.07, 6.45) is 0. The molecule has 1 N–H and O–H groups in total. The van der Waals surface area contributed by atoms with Crippen molar-refractivity contribution in [1.29, 1.82) is 0 Å². The predicted molar refractivity (Wildman–Crippen MR) is 104 cm³/mol. The molecule has 0 unspecified atom stereocenters. The fourth-order valence-corrected chi connectivity index (χ4v) is 2.76. The summed E-state index contributed by atoms with van der Waals surface area (Å²) in [7, 11) is 0. The molecule has 1 aromatic heterocycles. The summed E-state index contributed by atoms with van der Waals surface area (Å²) in [6, 6.07) is 18.8. The van der Waals surface area contributed by atoms with Gasteiger partial charge in [-0.2, -0.15) is 4.98 Å². The van der Waals surface area contributed by atoms with Gasteiger partial charge in [0.15, 0.2) is 0 Å². The Balaban J connectivity index is 1.89. The highest BCUT2D eigenvalue weighted by atomic mass is 19.1. The summed E-state index contributed by atoms with van der Waals surface area (Å²) in [5.41, 5.74) is 2.70. The van der Waals surface area contributed by atoms with Crippen LogP contribution < -0.4 is 10.2 Å². The van der Waals surface area contributed by atoms with Crippen molar-refractivity contribution in [1.82, 2.24) is 9.97 Å². The number of benzene rings is 2. The molecule has 0 radical (unpaired) electrons. The highest BCUT2D eigenvalue weighted by molar-refractivity contribution is 5.56. The van der Waals surface area contributed by atoms with E-state index in [1.54, 1.807) is 12.1 Å². The van der Waals surface area contributed by atoms with E-state index < -0.39 is 0 Å². The van der Waals surface area contributed by atoms with Crippen LogP contribution >= 0.6 is 0 Å². The van der Waals surface area contributed by atoms with E-state index in [1.807, 2.05) is 31.2 Å². The summed E-state index contributed by atoms with van der Waals surface area (Å²) < 4.78 is 13.4. The fraction of sp³-hybridized carbons (Fsp3) is 0.238. The maximum Gasteiger partial charge on any atom is 0.229 e. The topological polar surface area (TPSA) is 41.1 Å². The van der Waals surface area contributed by atoms with Gasteiger partial charge >= 0.3 is 0 Å². The van der Waals surface area contributed by atoms with Crippen molar-refractivity contribution in [3.05, 3.63) is 77.7 Å². The van der Waals surface area contributed by atoms with Crippen LogP contribution in [0, 0.1) is 12.7 Å². The highest BCUT2D eigenvalue weighted by Crippen LogP contribution is 2.22.